The van der Waals surface area contributed by atoms with E-state index in [1.165, 1.54) is 61.2 Å². The van der Waals surface area contributed by atoms with Gasteiger partial charge in [0, 0.05) is 29.9 Å². The zero-order valence-electron chi connectivity index (χ0n) is 28.1. The summed E-state index contributed by atoms with van der Waals surface area (Å²) in [6.45, 7) is 4.16. The molecule has 5 rings (SSSR count). The minimum absolute atomic E-state index is 0.206. The zero-order valence-corrected chi connectivity index (χ0v) is 28.9. The van der Waals surface area contributed by atoms with Gasteiger partial charge in [-0.3, -0.25) is 14.5 Å². The minimum Gasteiger partial charge on any atom is -0.497 e. The number of hydrogen-bond acceptors (Lipinski definition) is 9. The van der Waals surface area contributed by atoms with E-state index in [1.54, 1.807) is 54.1 Å². The van der Waals surface area contributed by atoms with E-state index in [0.29, 0.717) is 33.4 Å². The van der Waals surface area contributed by atoms with Gasteiger partial charge >= 0.3 is 12.1 Å². The summed E-state index contributed by atoms with van der Waals surface area (Å²) in [5.41, 5.74) is 0.589. The molecule has 1 unspecified atom stereocenters. The summed E-state index contributed by atoms with van der Waals surface area (Å²) < 4.78 is 30.8. The summed E-state index contributed by atoms with van der Waals surface area (Å²) in [5, 5.41) is 7.64. The SMILES string of the molecule is COC(=O)N[C@@H](C)C(=O)N1CCN(n2c(C(C)N(C(=O)Nc3ccc(F)cc3)c3ccc(OC)cc3OC)nc3ccc(Cl)cc3c2=O)CC1. The minimum atomic E-state index is -0.922. The molecule has 0 saturated carbocycles. The Balaban J connectivity index is 1.58. The molecule has 4 amide bonds. The van der Waals surface area contributed by atoms with Gasteiger partial charge < -0.3 is 34.8 Å². The number of carbonyl (C=O) groups is 3. The van der Waals surface area contributed by atoms with Gasteiger partial charge in [-0.1, -0.05) is 11.6 Å². The van der Waals surface area contributed by atoms with Crippen LogP contribution in [0.4, 0.5) is 25.4 Å². The summed E-state index contributed by atoms with van der Waals surface area (Å²) in [6.07, 6.45) is -0.725. The molecule has 0 aliphatic carbocycles. The Morgan fingerprint density at radius 1 is 0.940 bits per heavy atom. The van der Waals surface area contributed by atoms with Crippen LogP contribution in [0.2, 0.25) is 5.02 Å². The largest absolute Gasteiger partial charge is 0.497 e. The summed E-state index contributed by atoms with van der Waals surface area (Å²) in [4.78, 5) is 61.2. The second-order valence-electron chi connectivity index (χ2n) is 11.4. The van der Waals surface area contributed by atoms with E-state index in [0.717, 1.165) is 0 Å². The van der Waals surface area contributed by atoms with Crippen LogP contribution in [-0.4, -0.2) is 86.1 Å². The van der Waals surface area contributed by atoms with Crippen LogP contribution in [0.15, 0.2) is 65.5 Å². The number of piperazine rings is 1. The van der Waals surface area contributed by atoms with Gasteiger partial charge in [-0.2, -0.15) is 0 Å². The van der Waals surface area contributed by atoms with E-state index in [1.807, 2.05) is 0 Å². The molecule has 1 aliphatic heterocycles. The molecule has 0 spiro atoms. The number of nitrogens with one attached hydrogen (secondary N) is 2. The number of methoxy groups -OCH3 is 3. The fourth-order valence-electron chi connectivity index (χ4n) is 5.71. The van der Waals surface area contributed by atoms with Crippen molar-refractivity contribution in [2.24, 2.45) is 0 Å². The van der Waals surface area contributed by atoms with Gasteiger partial charge in [0.15, 0.2) is 5.82 Å². The molecule has 1 fully saturated rings. The molecule has 0 bridgehead atoms. The number of rotatable bonds is 9. The van der Waals surface area contributed by atoms with E-state index < -0.39 is 35.6 Å². The number of benzene rings is 3. The van der Waals surface area contributed by atoms with Crippen LogP contribution in [0, 0.1) is 5.82 Å². The van der Waals surface area contributed by atoms with Crippen LogP contribution >= 0.6 is 11.6 Å². The first-order chi connectivity index (χ1) is 23.9. The first-order valence-corrected chi connectivity index (χ1v) is 16.0. The number of aromatic nitrogens is 2. The molecule has 1 aliphatic rings. The third-order valence-corrected chi connectivity index (χ3v) is 8.53. The van der Waals surface area contributed by atoms with Gasteiger partial charge in [0.05, 0.1) is 57.1 Å². The number of nitrogens with zero attached hydrogens (tertiary/aromatic N) is 5. The fraction of sp³-hybridized carbons (Fsp3) is 0.324. The highest BCUT2D eigenvalue weighted by Gasteiger charge is 2.33. The molecule has 1 saturated heterocycles. The fourth-order valence-corrected chi connectivity index (χ4v) is 5.88. The number of urea groups is 1. The van der Waals surface area contributed by atoms with Crippen LogP contribution in [0.1, 0.15) is 25.7 Å². The maximum absolute atomic E-state index is 14.3. The Hall–Kier alpha value is -5.57. The number of anilines is 2. The van der Waals surface area contributed by atoms with Crippen LogP contribution in [0.5, 0.6) is 11.5 Å². The molecule has 264 valence electrons. The maximum Gasteiger partial charge on any atom is 0.407 e. The highest BCUT2D eigenvalue weighted by molar-refractivity contribution is 6.31. The number of fused-ring (bicyclic) bond motifs is 1. The van der Waals surface area contributed by atoms with Crippen molar-refractivity contribution in [2.75, 3.05) is 62.7 Å². The van der Waals surface area contributed by atoms with E-state index in [9.17, 15) is 23.6 Å². The van der Waals surface area contributed by atoms with Crippen molar-refractivity contribution in [2.45, 2.75) is 25.9 Å². The van der Waals surface area contributed by atoms with Gasteiger partial charge in [0.1, 0.15) is 23.4 Å². The standard InChI is InChI=1S/C34H37ClFN7O7/c1-20(37-34(47)50-5)31(44)40-14-16-41(17-15-40)43-30(39-27-12-6-22(35)18-26(27)32(43)45)21(2)42(28-13-11-25(48-3)19-29(28)49-4)33(46)38-24-9-7-23(36)8-10-24/h6-13,18-21H,14-17H2,1-5H3,(H,37,47)(H,38,46)/t20-,21?/m0/s1. The second-order valence-corrected chi connectivity index (χ2v) is 11.8. The lowest BCUT2D eigenvalue weighted by atomic mass is 10.1. The van der Waals surface area contributed by atoms with Crippen LogP contribution in [0.3, 0.4) is 0 Å². The maximum atomic E-state index is 14.3. The molecule has 4 aromatic rings. The molecule has 0 radical (unpaired) electrons. The Bertz CT molecular complexity index is 1950. The number of alkyl carbamates (subject to hydrolysis) is 1. The van der Waals surface area contributed by atoms with Crippen molar-refractivity contribution >= 4 is 51.9 Å². The molecular weight excluding hydrogens is 673 g/mol. The third kappa shape index (κ3) is 7.52. The van der Waals surface area contributed by atoms with Crippen molar-refractivity contribution in [3.63, 3.8) is 0 Å². The van der Waals surface area contributed by atoms with E-state index in [4.69, 9.17) is 26.1 Å². The molecule has 2 heterocycles. The van der Waals surface area contributed by atoms with Crippen LogP contribution in [0.25, 0.3) is 10.9 Å². The zero-order chi connectivity index (χ0) is 36.1. The lowest BCUT2D eigenvalue weighted by Crippen LogP contribution is -2.59. The average Bonchev–Trinajstić information content (AvgIpc) is 3.12. The summed E-state index contributed by atoms with van der Waals surface area (Å²) in [5.74, 6) is 0.213. The van der Waals surface area contributed by atoms with Crippen molar-refractivity contribution < 1.29 is 33.0 Å². The van der Waals surface area contributed by atoms with Crippen LogP contribution in [-0.2, 0) is 9.53 Å². The van der Waals surface area contributed by atoms with Crippen molar-refractivity contribution in [1.29, 1.82) is 0 Å². The van der Waals surface area contributed by atoms with Crippen LogP contribution < -0.4 is 35.6 Å². The number of carbonyl (C=O) groups excluding carboxylic acids is 3. The first kappa shape index (κ1) is 35.7. The van der Waals surface area contributed by atoms with Crippen molar-refractivity contribution in [1.82, 2.24) is 19.9 Å². The number of amides is 4. The number of ether oxygens (including phenoxy) is 3. The van der Waals surface area contributed by atoms with Crippen molar-refractivity contribution in [3.8, 4) is 11.5 Å². The monoisotopic (exact) mass is 709 g/mol. The van der Waals surface area contributed by atoms with E-state index >= 15 is 0 Å². The predicted octanol–water partition coefficient (Wildman–Crippen LogP) is 4.53. The highest BCUT2D eigenvalue weighted by atomic mass is 35.5. The summed E-state index contributed by atoms with van der Waals surface area (Å²) in [7, 11) is 4.17. The lowest BCUT2D eigenvalue weighted by molar-refractivity contribution is -0.133. The molecule has 2 atom stereocenters. The van der Waals surface area contributed by atoms with Gasteiger partial charge in [-0.05, 0) is 68.4 Å². The highest BCUT2D eigenvalue weighted by Crippen LogP contribution is 2.37. The number of halogens is 2. The van der Waals surface area contributed by atoms with Gasteiger partial charge in [0.2, 0.25) is 5.91 Å². The Labute approximate surface area is 292 Å². The Morgan fingerprint density at radius 2 is 1.64 bits per heavy atom. The first-order valence-electron chi connectivity index (χ1n) is 15.6. The quantitative estimate of drug-likeness (QED) is 0.256. The third-order valence-electron chi connectivity index (χ3n) is 8.30. The van der Waals surface area contributed by atoms with Gasteiger partial charge in [-0.15, -0.1) is 0 Å². The van der Waals surface area contributed by atoms with Crippen molar-refractivity contribution in [3.05, 3.63) is 87.7 Å². The molecule has 3 aromatic carbocycles. The molecule has 16 heteroatoms. The summed E-state index contributed by atoms with van der Waals surface area (Å²) >= 11 is 6.30. The smallest absolute Gasteiger partial charge is 0.407 e. The second kappa shape index (κ2) is 15.3. The van der Waals surface area contributed by atoms with E-state index in [2.05, 4.69) is 15.4 Å². The normalized spacial score (nSPS) is 14.1. The van der Waals surface area contributed by atoms with Gasteiger partial charge in [0.25, 0.3) is 5.56 Å². The molecule has 50 heavy (non-hydrogen) atoms. The topological polar surface area (TPSA) is 148 Å². The predicted molar refractivity (Wildman–Crippen MR) is 186 cm³/mol. The molecule has 2 N–H and O–H groups in total. The summed E-state index contributed by atoms with van der Waals surface area (Å²) in [6, 6.07) is 12.6. The Kier molecular flexibility index (Phi) is 11.0. The number of hydrogen-bond donors (Lipinski definition) is 2. The van der Waals surface area contributed by atoms with Gasteiger partial charge in [-0.25, -0.2) is 23.6 Å². The lowest BCUT2D eigenvalue weighted by Gasteiger charge is -2.39. The Morgan fingerprint density at radius 3 is 2.28 bits per heavy atom. The average molecular weight is 710 g/mol. The molecule has 14 nitrogen and oxygen atoms in total. The molecule has 1 aromatic heterocycles. The van der Waals surface area contributed by atoms with E-state index in [-0.39, 0.29) is 43.3 Å². The molecular formula is C34H37ClFN7O7.